The maximum atomic E-state index is 12.0. The zero-order valence-corrected chi connectivity index (χ0v) is 13.6. The fourth-order valence-electron chi connectivity index (χ4n) is 2.15. The summed E-state index contributed by atoms with van der Waals surface area (Å²) < 4.78 is 0. The molecule has 0 unspecified atom stereocenters. The Bertz CT molecular complexity index is 886. The summed E-state index contributed by atoms with van der Waals surface area (Å²) >= 11 is 7.36. The SMILES string of the molecule is O=C(CSCc1ccc(Cl)cc1)Nc1ccc2[nH]c(=O)[nH]c2c1. The number of H-pyrrole nitrogens is 2. The van der Waals surface area contributed by atoms with Crippen molar-refractivity contribution in [2.75, 3.05) is 11.1 Å². The quantitative estimate of drug-likeness (QED) is 0.662. The van der Waals surface area contributed by atoms with Crippen LogP contribution in [0.25, 0.3) is 11.0 Å². The molecule has 0 spiro atoms. The Kier molecular flexibility index (Phi) is 4.73. The molecule has 0 aliphatic carbocycles. The van der Waals surface area contributed by atoms with E-state index in [4.69, 9.17) is 11.6 Å². The topological polar surface area (TPSA) is 77.8 Å². The Morgan fingerprint density at radius 1 is 1.09 bits per heavy atom. The zero-order chi connectivity index (χ0) is 16.2. The summed E-state index contributed by atoms with van der Waals surface area (Å²) in [7, 11) is 0. The number of nitrogens with one attached hydrogen (secondary N) is 3. The lowest BCUT2D eigenvalue weighted by Crippen LogP contribution is -2.14. The fraction of sp³-hybridized carbons (Fsp3) is 0.125. The van der Waals surface area contributed by atoms with E-state index in [9.17, 15) is 9.59 Å². The molecule has 3 aromatic rings. The molecule has 7 heteroatoms. The number of aromatic nitrogens is 2. The third kappa shape index (κ3) is 4.18. The van der Waals surface area contributed by atoms with Gasteiger partial charge in [-0.3, -0.25) is 4.79 Å². The van der Waals surface area contributed by atoms with E-state index in [-0.39, 0.29) is 11.6 Å². The second-order valence-corrected chi connectivity index (χ2v) is 6.43. The van der Waals surface area contributed by atoms with Gasteiger partial charge in [0.15, 0.2) is 0 Å². The van der Waals surface area contributed by atoms with Crippen LogP contribution in [-0.2, 0) is 10.5 Å². The minimum absolute atomic E-state index is 0.0822. The highest BCUT2D eigenvalue weighted by molar-refractivity contribution is 7.99. The number of carbonyl (C=O) groups is 1. The van der Waals surface area contributed by atoms with E-state index in [2.05, 4.69) is 15.3 Å². The minimum Gasteiger partial charge on any atom is -0.325 e. The van der Waals surface area contributed by atoms with Gasteiger partial charge in [-0.15, -0.1) is 11.8 Å². The second kappa shape index (κ2) is 6.93. The molecule has 1 aromatic heterocycles. The highest BCUT2D eigenvalue weighted by Crippen LogP contribution is 2.17. The molecule has 0 saturated heterocycles. The number of aromatic amines is 2. The summed E-state index contributed by atoms with van der Waals surface area (Å²) in [6.07, 6.45) is 0. The molecule has 5 nitrogen and oxygen atoms in total. The number of thioether (sulfide) groups is 1. The monoisotopic (exact) mass is 347 g/mol. The lowest BCUT2D eigenvalue weighted by Gasteiger charge is -2.05. The van der Waals surface area contributed by atoms with Crippen molar-refractivity contribution in [1.82, 2.24) is 9.97 Å². The average Bonchev–Trinajstić information content (AvgIpc) is 2.88. The Morgan fingerprint density at radius 3 is 2.61 bits per heavy atom. The largest absolute Gasteiger partial charge is 0.325 e. The molecule has 23 heavy (non-hydrogen) atoms. The van der Waals surface area contributed by atoms with Crippen LogP contribution < -0.4 is 11.0 Å². The van der Waals surface area contributed by atoms with Crippen LogP contribution in [0, 0.1) is 0 Å². The van der Waals surface area contributed by atoms with Gasteiger partial charge in [-0.05, 0) is 35.9 Å². The summed E-state index contributed by atoms with van der Waals surface area (Å²) in [6, 6.07) is 12.8. The van der Waals surface area contributed by atoms with E-state index in [1.54, 1.807) is 18.2 Å². The van der Waals surface area contributed by atoms with Crippen molar-refractivity contribution >= 4 is 46.0 Å². The van der Waals surface area contributed by atoms with Gasteiger partial charge >= 0.3 is 5.69 Å². The standard InChI is InChI=1S/C16H14ClN3O2S/c17-11-3-1-10(2-4-11)8-23-9-15(21)18-12-5-6-13-14(7-12)20-16(22)19-13/h1-7H,8-9H2,(H,18,21)(H2,19,20,22). The van der Waals surface area contributed by atoms with Crippen molar-refractivity contribution < 1.29 is 4.79 Å². The van der Waals surface area contributed by atoms with Gasteiger partial charge in [0, 0.05) is 16.5 Å². The number of benzene rings is 2. The molecule has 118 valence electrons. The molecule has 0 aliphatic heterocycles. The molecule has 0 fully saturated rings. The van der Waals surface area contributed by atoms with Gasteiger partial charge < -0.3 is 15.3 Å². The van der Waals surface area contributed by atoms with E-state index in [0.29, 0.717) is 27.5 Å². The van der Waals surface area contributed by atoms with E-state index >= 15 is 0 Å². The number of anilines is 1. The maximum Gasteiger partial charge on any atom is 0.323 e. The van der Waals surface area contributed by atoms with Crippen LogP contribution in [0.3, 0.4) is 0 Å². The predicted octanol–water partition coefficient (Wildman–Crippen LogP) is 3.38. The number of amides is 1. The van der Waals surface area contributed by atoms with Gasteiger partial charge in [-0.25, -0.2) is 4.79 Å². The van der Waals surface area contributed by atoms with Crippen LogP contribution in [0.15, 0.2) is 47.3 Å². The summed E-state index contributed by atoms with van der Waals surface area (Å²) in [5.41, 5.74) is 2.90. The molecule has 0 radical (unpaired) electrons. The maximum absolute atomic E-state index is 12.0. The summed E-state index contributed by atoms with van der Waals surface area (Å²) in [5, 5.41) is 3.53. The number of hydrogen-bond donors (Lipinski definition) is 3. The minimum atomic E-state index is -0.262. The third-order valence-electron chi connectivity index (χ3n) is 3.21. The van der Waals surface area contributed by atoms with Gasteiger partial charge in [0.05, 0.1) is 16.8 Å². The first-order valence-electron chi connectivity index (χ1n) is 6.94. The molecular formula is C16H14ClN3O2S. The Morgan fingerprint density at radius 2 is 1.83 bits per heavy atom. The van der Waals surface area contributed by atoms with Crippen molar-refractivity contribution in [3.8, 4) is 0 Å². The molecule has 1 amide bonds. The van der Waals surface area contributed by atoms with Crippen molar-refractivity contribution in [3.63, 3.8) is 0 Å². The number of imidazole rings is 1. The predicted molar refractivity (Wildman–Crippen MR) is 95.2 cm³/mol. The molecule has 0 atom stereocenters. The average molecular weight is 348 g/mol. The normalized spacial score (nSPS) is 10.8. The van der Waals surface area contributed by atoms with Crippen molar-refractivity contribution in [2.24, 2.45) is 0 Å². The van der Waals surface area contributed by atoms with Gasteiger partial charge in [0.2, 0.25) is 5.91 Å². The van der Waals surface area contributed by atoms with Gasteiger partial charge in [-0.1, -0.05) is 23.7 Å². The zero-order valence-electron chi connectivity index (χ0n) is 12.1. The fourth-order valence-corrected chi connectivity index (χ4v) is 3.06. The molecule has 3 N–H and O–H groups in total. The van der Waals surface area contributed by atoms with Crippen LogP contribution >= 0.6 is 23.4 Å². The van der Waals surface area contributed by atoms with Crippen LogP contribution in [-0.4, -0.2) is 21.6 Å². The summed E-state index contributed by atoms with van der Waals surface area (Å²) in [5.74, 6) is 1.01. The highest BCUT2D eigenvalue weighted by Gasteiger charge is 2.05. The Labute approximate surface area is 141 Å². The first-order valence-corrected chi connectivity index (χ1v) is 8.47. The van der Waals surface area contributed by atoms with Crippen LogP contribution in [0.4, 0.5) is 5.69 Å². The van der Waals surface area contributed by atoms with Gasteiger partial charge in [0.25, 0.3) is 0 Å². The smallest absolute Gasteiger partial charge is 0.323 e. The number of halogens is 1. The number of hydrogen-bond acceptors (Lipinski definition) is 3. The van der Waals surface area contributed by atoms with E-state index in [0.717, 1.165) is 11.3 Å². The van der Waals surface area contributed by atoms with Crippen molar-refractivity contribution in [2.45, 2.75) is 5.75 Å². The molecule has 3 rings (SSSR count). The lowest BCUT2D eigenvalue weighted by molar-refractivity contribution is -0.113. The van der Waals surface area contributed by atoms with Crippen LogP contribution in [0.5, 0.6) is 0 Å². The van der Waals surface area contributed by atoms with E-state index in [1.165, 1.54) is 11.8 Å². The van der Waals surface area contributed by atoms with Crippen LogP contribution in [0.1, 0.15) is 5.56 Å². The first-order chi connectivity index (χ1) is 11.1. The Hall–Kier alpha value is -2.18. The first kappa shape index (κ1) is 15.7. The van der Waals surface area contributed by atoms with Crippen molar-refractivity contribution in [3.05, 3.63) is 63.5 Å². The van der Waals surface area contributed by atoms with Gasteiger partial charge in [0.1, 0.15) is 0 Å². The number of carbonyl (C=O) groups excluding carboxylic acids is 1. The third-order valence-corrected chi connectivity index (χ3v) is 4.47. The van der Waals surface area contributed by atoms with Crippen LogP contribution in [0.2, 0.25) is 5.02 Å². The van der Waals surface area contributed by atoms with Crippen molar-refractivity contribution in [1.29, 1.82) is 0 Å². The molecule has 1 heterocycles. The van der Waals surface area contributed by atoms with E-state index < -0.39 is 0 Å². The molecule has 0 bridgehead atoms. The molecule has 0 aliphatic rings. The van der Waals surface area contributed by atoms with Gasteiger partial charge in [-0.2, -0.15) is 0 Å². The lowest BCUT2D eigenvalue weighted by atomic mass is 10.2. The molecular weight excluding hydrogens is 334 g/mol. The van der Waals surface area contributed by atoms with E-state index in [1.807, 2.05) is 24.3 Å². The number of fused-ring (bicyclic) bond motifs is 1. The summed E-state index contributed by atoms with van der Waals surface area (Å²) in [4.78, 5) is 28.5. The molecule has 2 aromatic carbocycles. The highest BCUT2D eigenvalue weighted by atomic mass is 35.5. The Balaban J connectivity index is 1.53. The molecule has 0 saturated carbocycles. The summed E-state index contributed by atoms with van der Waals surface area (Å²) in [6.45, 7) is 0. The second-order valence-electron chi connectivity index (χ2n) is 5.01. The number of rotatable bonds is 5.